The van der Waals surface area contributed by atoms with Crippen LogP contribution in [0.2, 0.25) is 5.28 Å². The second-order valence-electron chi connectivity index (χ2n) is 1.60. The van der Waals surface area contributed by atoms with Crippen molar-refractivity contribution in [1.29, 1.82) is 0 Å². The number of hydrogen-bond donors (Lipinski definition) is 0. The molecule has 1 heterocycles. The van der Waals surface area contributed by atoms with E-state index in [1.807, 2.05) is 6.92 Å². The van der Waals surface area contributed by atoms with Crippen LogP contribution in [0.4, 0.5) is 0 Å². The standard InChI is InChI=1S/C6H7ClN2O/c1-2-10-5-3-4-8-6(7)9-5/h3-4H,2H2,1H3. The summed E-state index contributed by atoms with van der Waals surface area (Å²) in [7, 11) is 0. The van der Waals surface area contributed by atoms with Gasteiger partial charge in [-0.15, -0.1) is 0 Å². The largest absolute Gasteiger partial charge is 0.478 e. The van der Waals surface area contributed by atoms with Gasteiger partial charge in [0.1, 0.15) is 0 Å². The zero-order valence-electron chi connectivity index (χ0n) is 5.54. The maximum atomic E-state index is 5.48. The van der Waals surface area contributed by atoms with Crippen LogP contribution in [-0.2, 0) is 0 Å². The van der Waals surface area contributed by atoms with Crippen molar-refractivity contribution in [3.63, 3.8) is 0 Å². The summed E-state index contributed by atoms with van der Waals surface area (Å²) >= 11 is 5.48. The minimum atomic E-state index is 0.214. The molecule has 0 saturated heterocycles. The van der Waals surface area contributed by atoms with Crippen LogP contribution in [0.3, 0.4) is 0 Å². The second-order valence-corrected chi connectivity index (χ2v) is 1.93. The molecule has 4 heteroatoms. The van der Waals surface area contributed by atoms with E-state index in [0.29, 0.717) is 12.5 Å². The van der Waals surface area contributed by atoms with Crippen LogP contribution < -0.4 is 4.74 Å². The van der Waals surface area contributed by atoms with Gasteiger partial charge in [-0.25, -0.2) is 4.98 Å². The van der Waals surface area contributed by atoms with Crippen LogP contribution in [0, 0.1) is 0 Å². The highest BCUT2D eigenvalue weighted by Gasteiger charge is 1.93. The molecular weight excluding hydrogens is 152 g/mol. The molecule has 0 aliphatic carbocycles. The van der Waals surface area contributed by atoms with Crippen LogP contribution in [0.15, 0.2) is 12.3 Å². The van der Waals surface area contributed by atoms with Gasteiger partial charge in [0.2, 0.25) is 11.2 Å². The number of rotatable bonds is 2. The quantitative estimate of drug-likeness (QED) is 0.613. The molecule has 0 fully saturated rings. The molecule has 1 aromatic heterocycles. The smallest absolute Gasteiger partial charge is 0.225 e. The maximum Gasteiger partial charge on any atom is 0.225 e. The lowest BCUT2D eigenvalue weighted by atomic mass is 10.6. The molecule has 1 aromatic rings. The molecular formula is C6H7ClN2O. The van der Waals surface area contributed by atoms with Gasteiger partial charge in [-0.05, 0) is 18.5 Å². The average molecular weight is 159 g/mol. The molecule has 0 aromatic carbocycles. The van der Waals surface area contributed by atoms with Crippen molar-refractivity contribution < 1.29 is 4.74 Å². The van der Waals surface area contributed by atoms with E-state index in [-0.39, 0.29) is 5.28 Å². The summed E-state index contributed by atoms with van der Waals surface area (Å²) in [6.45, 7) is 2.48. The van der Waals surface area contributed by atoms with Gasteiger partial charge in [0, 0.05) is 12.3 Å². The van der Waals surface area contributed by atoms with Crippen molar-refractivity contribution in [2.24, 2.45) is 0 Å². The predicted octanol–water partition coefficient (Wildman–Crippen LogP) is 1.53. The highest BCUT2D eigenvalue weighted by molar-refractivity contribution is 6.28. The van der Waals surface area contributed by atoms with Crippen molar-refractivity contribution in [2.45, 2.75) is 6.92 Å². The maximum absolute atomic E-state index is 5.48. The van der Waals surface area contributed by atoms with E-state index in [9.17, 15) is 0 Å². The zero-order chi connectivity index (χ0) is 7.40. The Morgan fingerprint density at radius 3 is 3.10 bits per heavy atom. The highest BCUT2D eigenvalue weighted by Crippen LogP contribution is 2.07. The van der Waals surface area contributed by atoms with Crippen molar-refractivity contribution in [2.75, 3.05) is 6.61 Å². The minimum Gasteiger partial charge on any atom is -0.478 e. The Kier molecular flexibility index (Phi) is 2.45. The summed E-state index contributed by atoms with van der Waals surface area (Å²) in [6, 6.07) is 1.66. The molecule has 10 heavy (non-hydrogen) atoms. The number of halogens is 1. The van der Waals surface area contributed by atoms with E-state index in [1.54, 1.807) is 12.3 Å². The highest BCUT2D eigenvalue weighted by atomic mass is 35.5. The van der Waals surface area contributed by atoms with Crippen molar-refractivity contribution >= 4 is 11.6 Å². The Hall–Kier alpha value is -0.830. The molecule has 0 spiro atoms. The summed E-state index contributed by atoms with van der Waals surface area (Å²) in [4.78, 5) is 7.49. The lowest BCUT2D eigenvalue weighted by molar-refractivity contribution is 0.326. The van der Waals surface area contributed by atoms with Crippen molar-refractivity contribution in [1.82, 2.24) is 9.97 Å². The van der Waals surface area contributed by atoms with Gasteiger partial charge in [-0.1, -0.05) is 0 Å². The van der Waals surface area contributed by atoms with Crippen molar-refractivity contribution in [3.05, 3.63) is 17.5 Å². The monoisotopic (exact) mass is 158 g/mol. The first kappa shape index (κ1) is 7.28. The minimum absolute atomic E-state index is 0.214. The lowest BCUT2D eigenvalue weighted by Gasteiger charge is -1.98. The van der Waals surface area contributed by atoms with Crippen molar-refractivity contribution in [3.8, 4) is 5.88 Å². The molecule has 0 bridgehead atoms. The number of ether oxygens (including phenoxy) is 1. The SMILES string of the molecule is CCOc1ccnc(Cl)n1. The third-order valence-corrected chi connectivity index (χ3v) is 1.07. The Morgan fingerprint density at radius 2 is 2.50 bits per heavy atom. The molecule has 0 unspecified atom stereocenters. The van der Waals surface area contributed by atoms with E-state index in [1.165, 1.54) is 0 Å². The Morgan fingerprint density at radius 1 is 1.70 bits per heavy atom. The fraction of sp³-hybridized carbons (Fsp3) is 0.333. The summed E-state index contributed by atoms with van der Waals surface area (Å²) in [5.74, 6) is 0.516. The average Bonchev–Trinajstić information content (AvgIpc) is 1.88. The van der Waals surface area contributed by atoms with Gasteiger partial charge in [0.15, 0.2) is 0 Å². The van der Waals surface area contributed by atoms with Gasteiger partial charge in [-0.3, -0.25) is 0 Å². The molecule has 0 N–H and O–H groups in total. The predicted molar refractivity (Wildman–Crippen MR) is 38.2 cm³/mol. The Bertz CT molecular complexity index is 217. The van der Waals surface area contributed by atoms with Crippen LogP contribution in [0.5, 0.6) is 5.88 Å². The van der Waals surface area contributed by atoms with Crippen LogP contribution in [-0.4, -0.2) is 16.6 Å². The van der Waals surface area contributed by atoms with E-state index in [2.05, 4.69) is 9.97 Å². The first-order valence-corrected chi connectivity index (χ1v) is 3.32. The fourth-order valence-electron chi connectivity index (χ4n) is 0.548. The van der Waals surface area contributed by atoms with Gasteiger partial charge in [0.25, 0.3) is 0 Å². The molecule has 0 radical (unpaired) electrons. The fourth-order valence-corrected chi connectivity index (χ4v) is 0.688. The number of hydrogen-bond acceptors (Lipinski definition) is 3. The molecule has 0 saturated carbocycles. The molecule has 0 atom stereocenters. The Labute approximate surface area is 64.0 Å². The summed E-state index contributed by atoms with van der Waals surface area (Å²) in [6.07, 6.45) is 1.56. The van der Waals surface area contributed by atoms with Crippen LogP contribution in [0.25, 0.3) is 0 Å². The second kappa shape index (κ2) is 3.37. The summed E-state index contributed by atoms with van der Waals surface area (Å²) in [5.41, 5.74) is 0. The van der Waals surface area contributed by atoms with E-state index >= 15 is 0 Å². The number of nitrogens with zero attached hydrogens (tertiary/aromatic N) is 2. The summed E-state index contributed by atoms with van der Waals surface area (Å²) < 4.78 is 5.05. The molecule has 0 aliphatic heterocycles. The third kappa shape index (κ3) is 1.84. The van der Waals surface area contributed by atoms with E-state index in [4.69, 9.17) is 16.3 Å². The lowest BCUT2D eigenvalue weighted by Crippen LogP contribution is -1.94. The summed E-state index contributed by atoms with van der Waals surface area (Å²) in [5, 5.41) is 0.214. The van der Waals surface area contributed by atoms with Gasteiger partial charge in [0.05, 0.1) is 6.61 Å². The topological polar surface area (TPSA) is 35.0 Å². The third-order valence-electron chi connectivity index (χ3n) is 0.893. The molecule has 3 nitrogen and oxygen atoms in total. The van der Waals surface area contributed by atoms with Gasteiger partial charge in [-0.2, -0.15) is 4.98 Å². The van der Waals surface area contributed by atoms with Gasteiger partial charge < -0.3 is 4.74 Å². The molecule has 1 rings (SSSR count). The van der Waals surface area contributed by atoms with E-state index < -0.39 is 0 Å². The Balaban J connectivity index is 2.75. The molecule has 0 amide bonds. The van der Waals surface area contributed by atoms with Crippen LogP contribution >= 0.6 is 11.6 Å². The van der Waals surface area contributed by atoms with Gasteiger partial charge >= 0.3 is 0 Å². The molecule has 54 valence electrons. The normalized spacial score (nSPS) is 9.40. The van der Waals surface area contributed by atoms with E-state index in [0.717, 1.165) is 0 Å². The molecule has 0 aliphatic rings. The number of aromatic nitrogens is 2. The zero-order valence-corrected chi connectivity index (χ0v) is 6.30. The first-order valence-electron chi connectivity index (χ1n) is 2.94. The first-order chi connectivity index (χ1) is 4.83. The van der Waals surface area contributed by atoms with Crippen LogP contribution in [0.1, 0.15) is 6.92 Å².